The molecule has 1 aliphatic rings. The molecule has 2 amide bonds. The lowest BCUT2D eigenvalue weighted by atomic mass is 10.1. The SMILES string of the molecule is COc1ccc(NC(=O)CC2C(=O)N(c3ccc(F)cc3)C(=S)N2Cc2ccc(F)cc2)cc1. The number of carbonyl (C=O) groups excluding carboxylic acids is 2. The molecule has 4 rings (SSSR count). The van der Waals surface area contributed by atoms with Gasteiger partial charge in [0.15, 0.2) is 5.11 Å². The van der Waals surface area contributed by atoms with E-state index in [4.69, 9.17) is 17.0 Å². The van der Waals surface area contributed by atoms with Crippen molar-refractivity contribution in [3.05, 3.63) is 90.0 Å². The fourth-order valence-electron chi connectivity index (χ4n) is 3.69. The molecule has 1 N–H and O–H groups in total. The number of amides is 2. The molecule has 1 heterocycles. The van der Waals surface area contributed by atoms with Crippen LogP contribution in [-0.4, -0.2) is 35.0 Å². The minimum atomic E-state index is -0.888. The number of ether oxygens (including phenoxy) is 1. The van der Waals surface area contributed by atoms with Crippen LogP contribution in [0.1, 0.15) is 12.0 Å². The van der Waals surface area contributed by atoms with E-state index in [0.717, 1.165) is 5.56 Å². The van der Waals surface area contributed by atoms with E-state index in [1.54, 1.807) is 48.4 Å². The Morgan fingerprint density at radius 3 is 2.15 bits per heavy atom. The highest BCUT2D eigenvalue weighted by Crippen LogP contribution is 2.29. The second-order valence-electron chi connectivity index (χ2n) is 7.68. The second-order valence-corrected chi connectivity index (χ2v) is 8.05. The van der Waals surface area contributed by atoms with Gasteiger partial charge < -0.3 is 15.0 Å². The fraction of sp³-hybridized carbons (Fsp3) is 0.160. The molecule has 1 saturated heterocycles. The molecule has 0 saturated carbocycles. The van der Waals surface area contributed by atoms with Crippen LogP contribution < -0.4 is 15.0 Å². The lowest BCUT2D eigenvalue weighted by Crippen LogP contribution is -2.37. The van der Waals surface area contributed by atoms with E-state index in [2.05, 4.69) is 5.32 Å². The first-order chi connectivity index (χ1) is 16.4. The summed E-state index contributed by atoms with van der Waals surface area (Å²) in [6.07, 6.45) is -0.163. The normalized spacial score (nSPS) is 15.6. The van der Waals surface area contributed by atoms with E-state index in [1.165, 1.54) is 41.3 Å². The van der Waals surface area contributed by atoms with Gasteiger partial charge in [0.2, 0.25) is 5.91 Å². The van der Waals surface area contributed by atoms with Crippen LogP contribution in [0.3, 0.4) is 0 Å². The third-order valence-corrected chi connectivity index (χ3v) is 5.84. The van der Waals surface area contributed by atoms with Gasteiger partial charge in [0, 0.05) is 12.2 Å². The van der Waals surface area contributed by atoms with Crippen LogP contribution in [-0.2, 0) is 16.1 Å². The Morgan fingerprint density at radius 2 is 1.56 bits per heavy atom. The van der Waals surface area contributed by atoms with Crippen LogP contribution in [0.4, 0.5) is 20.2 Å². The summed E-state index contributed by atoms with van der Waals surface area (Å²) in [5.74, 6) is -0.957. The summed E-state index contributed by atoms with van der Waals surface area (Å²) in [6, 6.07) is 17.1. The van der Waals surface area contributed by atoms with Crippen molar-refractivity contribution in [1.82, 2.24) is 4.90 Å². The van der Waals surface area contributed by atoms with Crippen LogP contribution in [0.2, 0.25) is 0 Å². The maximum absolute atomic E-state index is 13.4. The molecule has 174 valence electrons. The number of anilines is 2. The van der Waals surface area contributed by atoms with Crippen molar-refractivity contribution >= 4 is 40.5 Å². The minimum Gasteiger partial charge on any atom is -0.497 e. The summed E-state index contributed by atoms with van der Waals surface area (Å²) in [4.78, 5) is 29.1. The van der Waals surface area contributed by atoms with Crippen LogP contribution in [0.15, 0.2) is 72.8 Å². The average Bonchev–Trinajstić information content (AvgIpc) is 3.05. The molecule has 1 aliphatic heterocycles. The van der Waals surface area contributed by atoms with Crippen molar-refractivity contribution in [2.24, 2.45) is 0 Å². The molecule has 6 nitrogen and oxygen atoms in total. The molecule has 34 heavy (non-hydrogen) atoms. The van der Waals surface area contributed by atoms with Gasteiger partial charge in [-0.1, -0.05) is 12.1 Å². The lowest BCUT2D eigenvalue weighted by Gasteiger charge is -2.24. The molecular weight excluding hydrogens is 460 g/mol. The van der Waals surface area contributed by atoms with E-state index < -0.39 is 17.8 Å². The van der Waals surface area contributed by atoms with Gasteiger partial charge in [-0.2, -0.15) is 0 Å². The molecule has 9 heteroatoms. The highest BCUT2D eigenvalue weighted by atomic mass is 32.1. The zero-order valence-electron chi connectivity index (χ0n) is 18.2. The fourth-order valence-corrected chi connectivity index (χ4v) is 4.08. The van der Waals surface area contributed by atoms with E-state index in [-0.39, 0.29) is 29.8 Å². The molecule has 1 atom stereocenters. The zero-order valence-corrected chi connectivity index (χ0v) is 19.0. The Balaban J connectivity index is 1.58. The summed E-state index contributed by atoms with van der Waals surface area (Å²) in [5.41, 5.74) is 1.68. The third kappa shape index (κ3) is 5.04. The van der Waals surface area contributed by atoms with Crippen LogP contribution in [0.5, 0.6) is 5.75 Å². The molecule has 0 spiro atoms. The largest absolute Gasteiger partial charge is 0.497 e. The van der Waals surface area contributed by atoms with Gasteiger partial charge in [0.05, 0.1) is 19.2 Å². The number of thiocarbonyl (C=S) groups is 1. The monoisotopic (exact) mass is 481 g/mol. The van der Waals surface area contributed by atoms with E-state index in [9.17, 15) is 18.4 Å². The summed E-state index contributed by atoms with van der Waals surface area (Å²) in [6.45, 7) is 0.197. The Morgan fingerprint density at radius 1 is 0.971 bits per heavy atom. The topological polar surface area (TPSA) is 61.9 Å². The Kier molecular flexibility index (Phi) is 6.83. The Hall–Kier alpha value is -3.85. The lowest BCUT2D eigenvalue weighted by molar-refractivity contribution is -0.124. The van der Waals surface area contributed by atoms with Gasteiger partial charge in [-0.25, -0.2) is 8.78 Å². The predicted octanol–water partition coefficient (Wildman–Crippen LogP) is 4.50. The van der Waals surface area contributed by atoms with Gasteiger partial charge >= 0.3 is 0 Å². The van der Waals surface area contributed by atoms with Crippen molar-refractivity contribution in [2.75, 3.05) is 17.3 Å². The van der Waals surface area contributed by atoms with Gasteiger partial charge in [-0.3, -0.25) is 14.5 Å². The summed E-state index contributed by atoms with van der Waals surface area (Å²) in [5, 5.41) is 2.96. The molecule has 0 bridgehead atoms. The van der Waals surface area contributed by atoms with E-state index in [1.807, 2.05) is 0 Å². The highest BCUT2D eigenvalue weighted by molar-refractivity contribution is 7.80. The smallest absolute Gasteiger partial charge is 0.256 e. The maximum Gasteiger partial charge on any atom is 0.256 e. The molecule has 1 fully saturated rings. The number of rotatable bonds is 7. The number of carbonyl (C=O) groups is 2. The second kappa shape index (κ2) is 9.96. The van der Waals surface area contributed by atoms with Gasteiger partial charge in [0.25, 0.3) is 5.91 Å². The molecule has 3 aromatic carbocycles. The van der Waals surface area contributed by atoms with Crippen molar-refractivity contribution in [2.45, 2.75) is 19.0 Å². The molecule has 1 unspecified atom stereocenters. The van der Waals surface area contributed by atoms with Gasteiger partial charge in [-0.05, 0) is 78.4 Å². The molecule has 3 aromatic rings. The number of nitrogens with zero attached hydrogens (tertiary/aromatic N) is 2. The van der Waals surface area contributed by atoms with Crippen LogP contribution in [0.25, 0.3) is 0 Å². The van der Waals surface area contributed by atoms with Gasteiger partial charge in [0.1, 0.15) is 23.4 Å². The van der Waals surface area contributed by atoms with Crippen molar-refractivity contribution in [3.63, 3.8) is 0 Å². The summed E-state index contributed by atoms with van der Waals surface area (Å²) in [7, 11) is 1.55. The number of methoxy groups -OCH3 is 1. The summed E-state index contributed by atoms with van der Waals surface area (Å²) < 4.78 is 31.9. The zero-order chi connectivity index (χ0) is 24.2. The highest BCUT2D eigenvalue weighted by Gasteiger charge is 2.44. The standard InChI is InChI=1S/C25H21F2N3O3S/c1-33-21-12-8-19(9-13-21)28-23(31)14-22-24(32)30(20-10-6-18(27)7-11-20)25(34)29(22)15-16-2-4-17(26)5-3-16/h2-13,22H,14-15H2,1H3,(H,28,31). The van der Waals surface area contributed by atoms with Crippen molar-refractivity contribution in [3.8, 4) is 5.75 Å². The predicted molar refractivity (Wildman–Crippen MR) is 128 cm³/mol. The quantitative estimate of drug-likeness (QED) is 0.504. The number of hydrogen-bond acceptors (Lipinski definition) is 4. The molecule has 0 aromatic heterocycles. The Labute approximate surface area is 200 Å². The molecule has 0 aliphatic carbocycles. The van der Waals surface area contributed by atoms with Crippen molar-refractivity contribution in [1.29, 1.82) is 0 Å². The van der Waals surface area contributed by atoms with E-state index >= 15 is 0 Å². The third-order valence-electron chi connectivity index (χ3n) is 5.42. The maximum atomic E-state index is 13.4. The first-order valence-electron chi connectivity index (χ1n) is 10.4. The van der Waals surface area contributed by atoms with Gasteiger partial charge in [-0.15, -0.1) is 0 Å². The van der Waals surface area contributed by atoms with E-state index in [0.29, 0.717) is 17.1 Å². The summed E-state index contributed by atoms with van der Waals surface area (Å²) >= 11 is 5.58. The number of hydrogen-bond donors (Lipinski definition) is 1. The first-order valence-corrected chi connectivity index (χ1v) is 10.8. The molecule has 0 radical (unpaired) electrons. The Bertz CT molecular complexity index is 1200. The number of nitrogens with one attached hydrogen (secondary N) is 1. The number of benzene rings is 3. The van der Waals surface area contributed by atoms with Crippen LogP contribution >= 0.6 is 12.2 Å². The minimum absolute atomic E-state index is 0.163. The average molecular weight is 482 g/mol. The molecular formula is C25H21F2N3O3S. The first kappa shape index (κ1) is 23.3. The van der Waals surface area contributed by atoms with Crippen molar-refractivity contribution < 1.29 is 23.1 Å². The number of halogens is 2. The van der Waals surface area contributed by atoms with Crippen LogP contribution in [0, 0.1) is 11.6 Å².